The van der Waals surface area contributed by atoms with E-state index in [1.54, 1.807) is 0 Å². The number of Topliss-reactive ketones (excluding diaryl/α,β-unsaturated/α-hetero) is 1. The van der Waals surface area contributed by atoms with Crippen molar-refractivity contribution in [3.63, 3.8) is 0 Å². The van der Waals surface area contributed by atoms with Gasteiger partial charge in [-0.15, -0.1) is 0 Å². The van der Waals surface area contributed by atoms with Crippen molar-refractivity contribution in [2.24, 2.45) is 5.92 Å². The van der Waals surface area contributed by atoms with Crippen LogP contribution in [-0.2, 0) is 11.2 Å². The van der Waals surface area contributed by atoms with Crippen molar-refractivity contribution in [1.29, 1.82) is 0 Å². The first-order chi connectivity index (χ1) is 13.0. The Bertz CT molecular complexity index is 901. The van der Waals surface area contributed by atoms with Gasteiger partial charge in [-0.3, -0.25) is 4.79 Å². The average Bonchev–Trinajstić information content (AvgIpc) is 3.19. The van der Waals surface area contributed by atoms with Gasteiger partial charge in [-0.05, 0) is 61.6 Å². The molecule has 27 heavy (non-hydrogen) atoms. The Balaban J connectivity index is 1.60. The number of carbonyl (C=O) groups excluding carboxylic acids is 2. The fourth-order valence-corrected chi connectivity index (χ4v) is 4.84. The number of aromatic amines is 1. The van der Waals surface area contributed by atoms with Crippen molar-refractivity contribution in [1.82, 2.24) is 4.98 Å². The summed E-state index contributed by atoms with van der Waals surface area (Å²) in [4.78, 5) is 28.7. The number of ether oxygens (including phenoxy) is 1. The van der Waals surface area contributed by atoms with Gasteiger partial charge in [-0.2, -0.15) is 0 Å². The van der Waals surface area contributed by atoms with Crippen LogP contribution in [0.5, 0.6) is 0 Å². The molecule has 3 atom stereocenters. The zero-order valence-electron chi connectivity index (χ0n) is 15.7. The lowest BCUT2D eigenvalue weighted by Gasteiger charge is -2.22. The SMILES string of the molecule is Cc1c(C(=O)O[C@H]2CCC[C@H]2C)[nH]c2c1C(=O)C[C@@H](c1ccccc1Cl)C2. The smallest absolute Gasteiger partial charge is 0.355 e. The fourth-order valence-electron chi connectivity index (χ4n) is 4.55. The molecule has 2 aliphatic rings. The van der Waals surface area contributed by atoms with Crippen molar-refractivity contribution in [2.45, 2.75) is 58.0 Å². The third-order valence-electron chi connectivity index (χ3n) is 6.08. The minimum Gasteiger partial charge on any atom is -0.457 e. The van der Waals surface area contributed by atoms with Crippen LogP contribution in [0.1, 0.15) is 76.2 Å². The lowest BCUT2D eigenvalue weighted by atomic mass is 9.81. The van der Waals surface area contributed by atoms with Crippen molar-refractivity contribution in [3.8, 4) is 0 Å². The molecule has 0 bridgehead atoms. The van der Waals surface area contributed by atoms with Gasteiger partial charge in [0.2, 0.25) is 0 Å². The predicted molar refractivity (Wildman–Crippen MR) is 105 cm³/mol. The topological polar surface area (TPSA) is 59.2 Å². The molecule has 0 saturated heterocycles. The highest BCUT2D eigenvalue weighted by Crippen LogP contribution is 2.38. The standard InChI is InChI=1S/C22H24ClNO3/c1-12-6-5-9-19(12)27-22(26)21-13(2)20-17(24-21)10-14(11-18(20)25)15-7-3-4-8-16(15)23/h3-4,7-8,12,14,19,24H,5-6,9-11H2,1-2H3/t12-,14+,19+/m1/s1. The third-order valence-corrected chi connectivity index (χ3v) is 6.42. The maximum absolute atomic E-state index is 12.8. The van der Waals surface area contributed by atoms with Crippen LogP contribution in [0.2, 0.25) is 5.02 Å². The van der Waals surface area contributed by atoms with E-state index in [-0.39, 0.29) is 23.8 Å². The van der Waals surface area contributed by atoms with Crippen molar-refractivity contribution < 1.29 is 14.3 Å². The van der Waals surface area contributed by atoms with Crippen molar-refractivity contribution >= 4 is 23.4 Å². The minimum atomic E-state index is -0.345. The van der Waals surface area contributed by atoms with E-state index in [1.165, 1.54) is 0 Å². The highest BCUT2D eigenvalue weighted by Gasteiger charge is 2.34. The number of rotatable bonds is 3. The number of H-pyrrole nitrogens is 1. The summed E-state index contributed by atoms with van der Waals surface area (Å²) in [6.07, 6.45) is 4.15. The van der Waals surface area contributed by atoms with Gasteiger partial charge in [-0.25, -0.2) is 4.79 Å². The number of hydrogen-bond donors (Lipinski definition) is 1. The number of carbonyl (C=O) groups is 2. The van der Waals surface area contributed by atoms with E-state index in [1.807, 2.05) is 31.2 Å². The van der Waals surface area contributed by atoms with E-state index >= 15 is 0 Å². The molecule has 0 spiro atoms. The second-order valence-corrected chi connectivity index (χ2v) is 8.29. The average molecular weight is 386 g/mol. The molecule has 0 radical (unpaired) electrons. The Kier molecular flexibility index (Phi) is 4.85. The maximum atomic E-state index is 12.8. The third kappa shape index (κ3) is 3.31. The number of halogens is 1. The Morgan fingerprint density at radius 3 is 2.70 bits per heavy atom. The summed E-state index contributed by atoms with van der Waals surface area (Å²) in [5.74, 6) is 0.131. The van der Waals surface area contributed by atoms with E-state index < -0.39 is 0 Å². The molecule has 0 amide bonds. The molecule has 4 nitrogen and oxygen atoms in total. The summed E-state index contributed by atoms with van der Waals surface area (Å²) in [7, 11) is 0. The zero-order chi connectivity index (χ0) is 19.1. The maximum Gasteiger partial charge on any atom is 0.355 e. The van der Waals surface area contributed by atoms with Crippen LogP contribution in [0.25, 0.3) is 0 Å². The van der Waals surface area contributed by atoms with E-state index in [9.17, 15) is 9.59 Å². The van der Waals surface area contributed by atoms with Crippen LogP contribution in [0.3, 0.4) is 0 Å². The van der Waals surface area contributed by atoms with E-state index in [0.29, 0.717) is 40.6 Å². The van der Waals surface area contributed by atoms with Crippen LogP contribution in [-0.4, -0.2) is 22.8 Å². The number of nitrogens with one attached hydrogen (secondary N) is 1. The summed E-state index contributed by atoms with van der Waals surface area (Å²) in [6, 6.07) is 7.64. The van der Waals surface area contributed by atoms with Gasteiger partial charge < -0.3 is 9.72 Å². The molecule has 142 valence electrons. The molecule has 1 heterocycles. The largest absolute Gasteiger partial charge is 0.457 e. The lowest BCUT2D eigenvalue weighted by molar-refractivity contribution is 0.0219. The van der Waals surface area contributed by atoms with Gasteiger partial charge in [0.15, 0.2) is 5.78 Å². The Labute approximate surface area is 164 Å². The van der Waals surface area contributed by atoms with E-state index in [4.69, 9.17) is 16.3 Å². The van der Waals surface area contributed by atoms with Crippen molar-refractivity contribution in [2.75, 3.05) is 0 Å². The molecule has 1 aromatic carbocycles. The summed E-state index contributed by atoms with van der Waals surface area (Å²) in [5.41, 5.74) is 3.59. The monoisotopic (exact) mass is 385 g/mol. The summed E-state index contributed by atoms with van der Waals surface area (Å²) in [5, 5.41) is 0.678. The number of fused-ring (bicyclic) bond motifs is 1. The normalized spacial score (nSPS) is 24.7. The molecule has 0 unspecified atom stereocenters. The van der Waals surface area contributed by atoms with Crippen LogP contribution in [0, 0.1) is 12.8 Å². The van der Waals surface area contributed by atoms with Gasteiger partial charge in [-0.1, -0.05) is 36.7 Å². The molecule has 2 aliphatic carbocycles. The second-order valence-electron chi connectivity index (χ2n) is 7.88. The highest BCUT2D eigenvalue weighted by atomic mass is 35.5. The van der Waals surface area contributed by atoms with Gasteiger partial charge in [0, 0.05) is 22.7 Å². The Morgan fingerprint density at radius 2 is 2.00 bits per heavy atom. The first-order valence-electron chi connectivity index (χ1n) is 9.65. The van der Waals surface area contributed by atoms with Gasteiger partial charge in [0.1, 0.15) is 11.8 Å². The molecule has 5 heteroatoms. The fraction of sp³-hybridized carbons (Fsp3) is 0.455. The molecular formula is C22H24ClNO3. The predicted octanol–water partition coefficient (Wildman–Crippen LogP) is 5.23. The molecule has 1 N–H and O–H groups in total. The molecule has 2 aromatic rings. The number of hydrogen-bond acceptors (Lipinski definition) is 3. The zero-order valence-corrected chi connectivity index (χ0v) is 16.4. The minimum absolute atomic E-state index is 0.0236. The van der Waals surface area contributed by atoms with Crippen LogP contribution in [0.15, 0.2) is 24.3 Å². The highest BCUT2D eigenvalue weighted by molar-refractivity contribution is 6.31. The van der Waals surface area contributed by atoms with E-state index in [0.717, 1.165) is 30.5 Å². The van der Waals surface area contributed by atoms with Crippen molar-refractivity contribution in [3.05, 3.63) is 57.4 Å². The van der Waals surface area contributed by atoms with Gasteiger partial charge >= 0.3 is 5.97 Å². The molecule has 1 saturated carbocycles. The number of esters is 1. The van der Waals surface area contributed by atoms with Crippen LogP contribution < -0.4 is 0 Å². The van der Waals surface area contributed by atoms with Crippen LogP contribution >= 0.6 is 11.6 Å². The van der Waals surface area contributed by atoms with E-state index in [2.05, 4.69) is 11.9 Å². The first-order valence-corrected chi connectivity index (χ1v) is 10.0. The molecule has 4 rings (SSSR count). The lowest BCUT2D eigenvalue weighted by Crippen LogP contribution is -2.21. The summed E-state index contributed by atoms with van der Waals surface area (Å²) in [6.45, 7) is 3.95. The Hall–Kier alpha value is -2.07. The van der Waals surface area contributed by atoms with Gasteiger partial charge in [0.05, 0.1) is 0 Å². The quantitative estimate of drug-likeness (QED) is 0.735. The Morgan fingerprint density at radius 1 is 1.22 bits per heavy atom. The molecule has 1 aromatic heterocycles. The summed E-state index contributed by atoms with van der Waals surface area (Å²) < 4.78 is 5.73. The number of benzene rings is 1. The van der Waals surface area contributed by atoms with Gasteiger partial charge in [0.25, 0.3) is 0 Å². The molecule has 1 fully saturated rings. The first kappa shape index (κ1) is 18.3. The molecule has 0 aliphatic heterocycles. The second kappa shape index (κ2) is 7.16. The summed E-state index contributed by atoms with van der Waals surface area (Å²) >= 11 is 6.33. The van der Waals surface area contributed by atoms with Crippen LogP contribution in [0.4, 0.5) is 0 Å². The number of ketones is 1. The number of aromatic nitrogens is 1. The molecular weight excluding hydrogens is 362 g/mol.